The highest BCUT2D eigenvalue weighted by Gasteiger charge is 2.28. The Kier molecular flexibility index (Phi) is 6.45. The highest BCUT2D eigenvalue weighted by molar-refractivity contribution is 5.93. The lowest BCUT2D eigenvalue weighted by atomic mass is 10.1. The predicted molar refractivity (Wildman–Crippen MR) is 142 cm³/mol. The van der Waals surface area contributed by atoms with Crippen LogP contribution in [0.25, 0.3) is 21.7 Å². The molecule has 0 radical (unpaired) electrons. The molecule has 2 heterocycles. The van der Waals surface area contributed by atoms with E-state index in [1.807, 2.05) is 21.6 Å². The van der Waals surface area contributed by atoms with Gasteiger partial charge in [-0.15, -0.1) is 12.4 Å². The van der Waals surface area contributed by atoms with E-state index in [4.69, 9.17) is 0 Å². The van der Waals surface area contributed by atoms with Crippen LogP contribution in [0.5, 0.6) is 0 Å². The van der Waals surface area contributed by atoms with Gasteiger partial charge in [-0.1, -0.05) is 36.4 Å². The number of aromatic carboxylic acids is 1. The van der Waals surface area contributed by atoms with Gasteiger partial charge in [-0.3, -0.25) is 9.69 Å². The van der Waals surface area contributed by atoms with Crippen LogP contribution in [0.4, 0.5) is 10.1 Å². The predicted octanol–water partition coefficient (Wildman–Crippen LogP) is 5.07. The fourth-order valence-corrected chi connectivity index (χ4v) is 5.15. The average molecular weight is 508 g/mol. The Morgan fingerprint density at radius 2 is 1.69 bits per heavy atom. The molecule has 6 nitrogen and oxygen atoms in total. The van der Waals surface area contributed by atoms with Gasteiger partial charge in [0.05, 0.1) is 11.2 Å². The normalized spacial score (nSPS) is 16.3. The fourth-order valence-electron chi connectivity index (χ4n) is 5.15. The van der Waals surface area contributed by atoms with Gasteiger partial charge >= 0.3 is 5.97 Å². The maximum absolute atomic E-state index is 15.2. The Hall–Kier alpha value is -3.42. The number of hydrogen-bond acceptors (Lipinski definition) is 4. The summed E-state index contributed by atoms with van der Waals surface area (Å²) in [4.78, 5) is 28.7. The van der Waals surface area contributed by atoms with Crippen molar-refractivity contribution in [3.05, 3.63) is 88.0 Å². The third-order valence-corrected chi connectivity index (χ3v) is 7.20. The first-order chi connectivity index (χ1) is 17.0. The summed E-state index contributed by atoms with van der Waals surface area (Å²) in [5.74, 6) is -1.76. The minimum atomic E-state index is -1.28. The molecule has 2 aliphatic rings. The first-order valence-electron chi connectivity index (χ1n) is 12.0. The Balaban J connectivity index is 0.00000267. The molecule has 4 aromatic rings. The number of carbonyl (C=O) groups is 1. The topological polar surface area (TPSA) is 65.8 Å². The molecule has 1 aromatic heterocycles. The van der Waals surface area contributed by atoms with Gasteiger partial charge in [-0.2, -0.15) is 0 Å². The zero-order valence-corrected chi connectivity index (χ0v) is 20.5. The van der Waals surface area contributed by atoms with Crippen LogP contribution in [0.15, 0.2) is 65.6 Å². The third-order valence-electron chi connectivity index (χ3n) is 7.20. The van der Waals surface area contributed by atoms with E-state index >= 15 is 4.39 Å². The number of benzene rings is 3. The van der Waals surface area contributed by atoms with Crippen LogP contribution in [0.2, 0.25) is 0 Å². The third kappa shape index (κ3) is 4.45. The van der Waals surface area contributed by atoms with E-state index in [-0.39, 0.29) is 29.4 Å². The van der Waals surface area contributed by atoms with Crippen LogP contribution in [-0.4, -0.2) is 46.7 Å². The van der Waals surface area contributed by atoms with Gasteiger partial charge in [0.15, 0.2) is 0 Å². The smallest absolute Gasteiger partial charge is 0.341 e. The summed E-state index contributed by atoms with van der Waals surface area (Å²) in [6, 6.07) is 18.0. The second-order valence-electron chi connectivity index (χ2n) is 9.58. The first kappa shape index (κ1) is 24.3. The molecule has 0 spiro atoms. The minimum Gasteiger partial charge on any atom is -0.477 e. The van der Waals surface area contributed by atoms with Crippen molar-refractivity contribution in [1.82, 2.24) is 9.47 Å². The lowest BCUT2D eigenvalue weighted by Crippen LogP contribution is -2.46. The number of carboxylic acids is 1. The van der Waals surface area contributed by atoms with E-state index in [9.17, 15) is 14.7 Å². The number of fused-ring (bicyclic) bond motifs is 2. The van der Waals surface area contributed by atoms with Crippen LogP contribution >= 0.6 is 12.4 Å². The Labute approximate surface area is 214 Å². The van der Waals surface area contributed by atoms with Crippen molar-refractivity contribution in [3.63, 3.8) is 0 Å². The summed E-state index contributed by atoms with van der Waals surface area (Å²) in [6.07, 6.45) is 3.28. The van der Waals surface area contributed by atoms with E-state index in [2.05, 4.69) is 35.2 Å². The van der Waals surface area contributed by atoms with Crippen molar-refractivity contribution in [2.75, 3.05) is 31.1 Å². The number of hydrogen-bond donors (Lipinski definition) is 1. The molecule has 0 unspecified atom stereocenters. The van der Waals surface area contributed by atoms with Crippen molar-refractivity contribution < 1.29 is 14.3 Å². The molecule has 1 aliphatic heterocycles. The van der Waals surface area contributed by atoms with Gasteiger partial charge in [0.1, 0.15) is 11.4 Å². The highest BCUT2D eigenvalue weighted by atomic mass is 35.5. The maximum Gasteiger partial charge on any atom is 0.341 e. The van der Waals surface area contributed by atoms with Gasteiger partial charge in [0.2, 0.25) is 5.43 Å². The molecule has 1 saturated heterocycles. The van der Waals surface area contributed by atoms with Crippen LogP contribution in [0.3, 0.4) is 0 Å². The lowest BCUT2D eigenvalue weighted by Gasteiger charge is -2.36. The molecule has 0 bridgehead atoms. The van der Waals surface area contributed by atoms with Gasteiger partial charge in [0, 0.05) is 50.3 Å². The van der Waals surface area contributed by atoms with Crippen molar-refractivity contribution in [3.8, 4) is 0 Å². The molecule has 36 heavy (non-hydrogen) atoms. The molecule has 1 saturated carbocycles. The number of rotatable bonds is 5. The molecule has 0 amide bonds. The largest absolute Gasteiger partial charge is 0.477 e. The summed E-state index contributed by atoms with van der Waals surface area (Å²) >= 11 is 0. The summed E-state index contributed by atoms with van der Waals surface area (Å²) < 4.78 is 17.1. The van der Waals surface area contributed by atoms with Crippen LogP contribution in [0.1, 0.15) is 34.8 Å². The second kappa shape index (κ2) is 9.56. The van der Waals surface area contributed by atoms with Crippen molar-refractivity contribution in [2.45, 2.75) is 25.4 Å². The molecule has 3 aromatic carbocycles. The maximum atomic E-state index is 15.2. The Bertz CT molecular complexity index is 1520. The van der Waals surface area contributed by atoms with E-state index in [0.29, 0.717) is 24.3 Å². The second-order valence-corrected chi connectivity index (χ2v) is 9.58. The zero-order valence-electron chi connectivity index (χ0n) is 19.7. The molecular weight excluding hydrogens is 481 g/mol. The summed E-state index contributed by atoms with van der Waals surface area (Å²) in [5, 5.41) is 12.0. The SMILES string of the molecule is Cl.O=C(O)c1cn(C2CC2)c2cc(N3CCN(Cc4ccc5ccccc5c4)CC3)c(F)cc2c1=O. The lowest BCUT2D eigenvalue weighted by molar-refractivity contribution is 0.0695. The average Bonchev–Trinajstić information content (AvgIpc) is 3.70. The summed E-state index contributed by atoms with van der Waals surface area (Å²) in [6.45, 7) is 3.81. The number of piperazine rings is 1. The molecule has 2 fully saturated rings. The first-order valence-corrected chi connectivity index (χ1v) is 12.0. The number of aromatic nitrogens is 1. The van der Waals surface area contributed by atoms with Gasteiger partial charge in [0.25, 0.3) is 0 Å². The van der Waals surface area contributed by atoms with Gasteiger partial charge in [-0.25, -0.2) is 9.18 Å². The minimum absolute atomic E-state index is 0. The number of carboxylic acid groups (broad SMARTS) is 1. The van der Waals surface area contributed by atoms with Crippen LogP contribution in [-0.2, 0) is 6.54 Å². The monoisotopic (exact) mass is 507 g/mol. The zero-order chi connectivity index (χ0) is 24.1. The van der Waals surface area contributed by atoms with Crippen molar-refractivity contribution in [2.24, 2.45) is 0 Å². The van der Waals surface area contributed by atoms with E-state index in [0.717, 1.165) is 32.5 Å². The summed E-state index contributed by atoms with van der Waals surface area (Å²) in [5.41, 5.74) is 1.41. The Morgan fingerprint density at radius 3 is 2.39 bits per heavy atom. The molecule has 1 aliphatic carbocycles. The molecule has 6 rings (SSSR count). The number of nitrogens with zero attached hydrogens (tertiary/aromatic N) is 3. The van der Waals surface area contributed by atoms with E-state index < -0.39 is 17.2 Å². The molecule has 8 heteroatoms. The van der Waals surface area contributed by atoms with Crippen molar-refractivity contribution >= 4 is 45.7 Å². The standard InChI is InChI=1S/C28H26FN3O3.ClH/c29-24-14-22-25(32(21-7-8-21)17-23(27(22)33)28(34)35)15-26(24)31-11-9-30(10-12-31)16-18-5-6-19-3-1-2-4-20(19)13-18;/h1-6,13-15,17,21H,7-12,16H2,(H,34,35);1H. The number of halogens is 2. The van der Waals surface area contributed by atoms with Gasteiger partial charge in [-0.05, 0) is 47.4 Å². The van der Waals surface area contributed by atoms with E-state index in [1.165, 1.54) is 28.6 Å². The fraction of sp³-hybridized carbons (Fsp3) is 0.286. The Morgan fingerprint density at radius 1 is 0.972 bits per heavy atom. The van der Waals surface area contributed by atoms with Crippen molar-refractivity contribution in [1.29, 1.82) is 0 Å². The van der Waals surface area contributed by atoms with Crippen LogP contribution < -0.4 is 10.3 Å². The van der Waals surface area contributed by atoms with E-state index in [1.54, 1.807) is 6.07 Å². The van der Waals surface area contributed by atoms with Gasteiger partial charge < -0.3 is 14.6 Å². The molecule has 0 atom stereocenters. The quantitative estimate of drug-likeness (QED) is 0.408. The number of anilines is 1. The summed E-state index contributed by atoms with van der Waals surface area (Å²) in [7, 11) is 0. The van der Waals surface area contributed by atoms with Crippen LogP contribution in [0, 0.1) is 5.82 Å². The molecule has 1 N–H and O–H groups in total. The highest BCUT2D eigenvalue weighted by Crippen LogP contribution is 2.38. The molecule has 186 valence electrons. The molecular formula is C28H27ClFN3O3. The number of pyridine rings is 1.